The second kappa shape index (κ2) is 9.26. The molecule has 0 aliphatic heterocycles. The Morgan fingerprint density at radius 1 is 0.312 bits per heavy atom. The number of fused-ring (bicyclic) bond motifs is 8. The van der Waals surface area contributed by atoms with Gasteiger partial charge in [0, 0.05) is 19.6 Å². The topological polar surface area (TPSA) is 0 Å². The fraction of sp³-hybridized carbons (Fsp3) is 0.143. The van der Waals surface area contributed by atoms with E-state index in [1.807, 2.05) is 0 Å². The second-order valence-electron chi connectivity index (χ2n) is 8.41. The highest BCUT2D eigenvalue weighted by Crippen LogP contribution is 2.33. The molecule has 4 aromatic rings. The first kappa shape index (κ1) is 22.1. The Bertz CT molecular complexity index is 1040. The van der Waals surface area contributed by atoms with Crippen LogP contribution >= 0.6 is 50.5 Å². The van der Waals surface area contributed by atoms with Crippen LogP contribution in [0.2, 0.25) is 0 Å². The Balaban J connectivity index is 1.71. The van der Waals surface area contributed by atoms with Crippen molar-refractivity contribution in [3.05, 3.63) is 117 Å². The average molecular weight is 489 g/mol. The van der Waals surface area contributed by atoms with Crippen LogP contribution in [-0.2, 0) is 25.7 Å². The lowest BCUT2D eigenvalue weighted by molar-refractivity contribution is 0.970. The molecule has 0 aromatic heterocycles. The highest BCUT2D eigenvalue weighted by atomic mass is 32.1. The minimum Gasteiger partial charge on any atom is -0.143 e. The van der Waals surface area contributed by atoms with Crippen molar-refractivity contribution in [3.8, 4) is 0 Å². The van der Waals surface area contributed by atoms with Gasteiger partial charge in [-0.3, -0.25) is 0 Å². The number of hydrogen-bond donors (Lipinski definition) is 4. The maximum absolute atomic E-state index is 4.95. The number of benzene rings is 4. The molecule has 0 amide bonds. The van der Waals surface area contributed by atoms with Gasteiger partial charge in [-0.05, 0) is 70.2 Å². The van der Waals surface area contributed by atoms with E-state index in [0.717, 1.165) is 45.3 Å². The quantitative estimate of drug-likeness (QED) is 0.159. The predicted octanol–water partition coefficient (Wildman–Crippen LogP) is 7.52. The standard InChI is InChI=1S/C28H24S4/c29-25-17-5-1-6-18(25)14-20-8-3-10-22(27(20)31)16-24-12-4-11-23(28(24)32)15-21-9-2-7-19(13-17)26(21)30/h1-12,29-32H,13-16H2. The first-order valence-corrected chi connectivity index (χ1v) is 12.5. The normalized spacial score (nSPS) is 13.1. The molecule has 0 unspecified atom stereocenters. The molecule has 0 N–H and O–H groups in total. The lowest BCUT2D eigenvalue weighted by Gasteiger charge is -2.18. The van der Waals surface area contributed by atoms with E-state index in [2.05, 4.69) is 72.8 Å². The minimum absolute atomic E-state index is 0.806. The van der Waals surface area contributed by atoms with Crippen molar-refractivity contribution < 1.29 is 0 Å². The molecular weight excluding hydrogens is 465 g/mol. The summed E-state index contributed by atoms with van der Waals surface area (Å²) in [7, 11) is 0. The molecule has 32 heavy (non-hydrogen) atoms. The SMILES string of the molecule is Sc1c2cccc1Cc1cccc(c1S)Cc1cccc(c1S)Cc1cccc(c1S)C2. The molecular formula is C28H24S4. The van der Waals surface area contributed by atoms with E-state index in [1.54, 1.807) is 0 Å². The molecule has 1 aliphatic carbocycles. The van der Waals surface area contributed by atoms with Crippen molar-refractivity contribution in [1.82, 2.24) is 0 Å². The second-order valence-corrected chi connectivity index (χ2v) is 10.2. The summed E-state index contributed by atoms with van der Waals surface area (Å²) in [6, 6.07) is 25.9. The molecule has 0 saturated heterocycles. The Morgan fingerprint density at radius 3 is 0.625 bits per heavy atom. The van der Waals surface area contributed by atoms with Gasteiger partial charge in [-0.25, -0.2) is 0 Å². The summed E-state index contributed by atoms with van der Waals surface area (Å²) >= 11 is 19.8. The maximum Gasteiger partial charge on any atom is 0.0111 e. The van der Waals surface area contributed by atoms with E-state index in [9.17, 15) is 0 Å². The molecule has 0 spiro atoms. The van der Waals surface area contributed by atoms with Gasteiger partial charge in [0.1, 0.15) is 0 Å². The first-order valence-electron chi connectivity index (χ1n) is 10.7. The van der Waals surface area contributed by atoms with E-state index >= 15 is 0 Å². The van der Waals surface area contributed by atoms with Crippen LogP contribution in [-0.4, -0.2) is 0 Å². The van der Waals surface area contributed by atoms with E-state index in [-0.39, 0.29) is 0 Å². The van der Waals surface area contributed by atoms with E-state index in [1.165, 1.54) is 44.5 Å². The third kappa shape index (κ3) is 4.26. The molecule has 0 fully saturated rings. The molecule has 160 valence electrons. The van der Waals surface area contributed by atoms with Crippen LogP contribution in [0.5, 0.6) is 0 Å². The summed E-state index contributed by atoms with van der Waals surface area (Å²) < 4.78 is 0. The molecule has 0 nitrogen and oxygen atoms in total. The lowest BCUT2D eigenvalue weighted by atomic mass is 9.93. The molecule has 0 heterocycles. The predicted molar refractivity (Wildman–Crippen MR) is 146 cm³/mol. The third-order valence-electron chi connectivity index (χ3n) is 6.34. The number of thiol groups is 4. The van der Waals surface area contributed by atoms with Gasteiger partial charge >= 0.3 is 0 Å². The Hall–Kier alpha value is -1.72. The van der Waals surface area contributed by atoms with Crippen LogP contribution in [0.3, 0.4) is 0 Å². The Labute approximate surface area is 212 Å². The number of rotatable bonds is 0. The fourth-order valence-electron chi connectivity index (χ4n) is 4.54. The largest absolute Gasteiger partial charge is 0.143 e. The third-order valence-corrected chi connectivity index (χ3v) is 8.63. The summed E-state index contributed by atoms with van der Waals surface area (Å²) in [5, 5.41) is 0. The molecule has 8 bridgehead atoms. The van der Waals surface area contributed by atoms with Crippen LogP contribution < -0.4 is 0 Å². The summed E-state index contributed by atoms with van der Waals surface area (Å²) in [6.45, 7) is 0. The Morgan fingerprint density at radius 2 is 0.469 bits per heavy atom. The molecule has 0 radical (unpaired) electrons. The van der Waals surface area contributed by atoms with Crippen molar-refractivity contribution in [2.24, 2.45) is 0 Å². The molecule has 0 atom stereocenters. The van der Waals surface area contributed by atoms with E-state index in [0.29, 0.717) is 0 Å². The van der Waals surface area contributed by atoms with Gasteiger partial charge in [0.25, 0.3) is 0 Å². The molecule has 4 aromatic carbocycles. The summed E-state index contributed by atoms with van der Waals surface area (Å²) in [5.74, 6) is 0. The number of hydrogen-bond acceptors (Lipinski definition) is 4. The minimum atomic E-state index is 0.806. The zero-order chi connectivity index (χ0) is 22.2. The molecule has 1 aliphatic rings. The van der Waals surface area contributed by atoms with Gasteiger partial charge in [0.05, 0.1) is 0 Å². The molecule has 5 rings (SSSR count). The summed E-state index contributed by atoms with van der Waals surface area (Å²) in [4.78, 5) is 4.22. The van der Waals surface area contributed by atoms with Gasteiger partial charge < -0.3 is 0 Å². The smallest absolute Gasteiger partial charge is 0.0111 e. The molecule has 0 saturated carbocycles. The zero-order valence-electron chi connectivity index (χ0n) is 17.5. The van der Waals surface area contributed by atoms with Crippen LogP contribution in [0.1, 0.15) is 44.5 Å². The van der Waals surface area contributed by atoms with Gasteiger partial charge in [-0.2, -0.15) is 0 Å². The maximum atomic E-state index is 4.95. The van der Waals surface area contributed by atoms with Crippen molar-refractivity contribution in [3.63, 3.8) is 0 Å². The summed E-state index contributed by atoms with van der Waals surface area (Å²) in [5.41, 5.74) is 9.77. The van der Waals surface area contributed by atoms with E-state index in [4.69, 9.17) is 50.5 Å². The van der Waals surface area contributed by atoms with Gasteiger partial charge in [-0.1, -0.05) is 72.8 Å². The van der Waals surface area contributed by atoms with Gasteiger partial charge in [0.15, 0.2) is 0 Å². The highest BCUT2D eigenvalue weighted by molar-refractivity contribution is 7.81. The Kier molecular flexibility index (Phi) is 6.39. The lowest BCUT2D eigenvalue weighted by Crippen LogP contribution is -2.02. The summed E-state index contributed by atoms with van der Waals surface area (Å²) in [6.07, 6.45) is 3.23. The first-order chi connectivity index (χ1) is 15.5. The monoisotopic (exact) mass is 488 g/mol. The van der Waals surface area contributed by atoms with Crippen LogP contribution in [0.25, 0.3) is 0 Å². The van der Waals surface area contributed by atoms with Crippen LogP contribution in [0, 0.1) is 0 Å². The van der Waals surface area contributed by atoms with Crippen LogP contribution in [0.15, 0.2) is 92.4 Å². The van der Waals surface area contributed by atoms with Gasteiger partial charge in [0.2, 0.25) is 0 Å². The van der Waals surface area contributed by atoms with Crippen molar-refractivity contribution >= 4 is 50.5 Å². The highest BCUT2D eigenvalue weighted by Gasteiger charge is 2.15. The van der Waals surface area contributed by atoms with Crippen molar-refractivity contribution in [2.75, 3.05) is 0 Å². The van der Waals surface area contributed by atoms with Crippen molar-refractivity contribution in [2.45, 2.75) is 45.3 Å². The van der Waals surface area contributed by atoms with Crippen LogP contribution in [0.4, 0.5) is 0 Å². The molecule has 4 heteroatoms. The fourth-order valence-corrected chi connectivity index (χ4v) is 5.77. The zero-order valence-corrected chi connectivity index (χ0v) is 21.1. The van der Waals surface area contributed by atoms with Crippen molar-refractivity contribution in [1.29, 1.82) is 0 Å². The van der Waals surface area contributed by atoms with Gasteiger partial charge in [-0.15, -0.1) is 50.5 Å². The van der Waals surface area contributed by atoms with E-state index < -0.39 is 0 Å². The average Bonchev–Trinajstić information content (AvgIpc) is 2.78.